The third kappa shape index (κ3) is 5.07. The molecule has 2 aliphatic rings. The summed E-state index contributed by atoms with van der Waals surface area (Å²) < 4.78 is 56.8. The van der Waals surface area contributed by atoms with E-state index in [0.29, 0.717) is 37.1 Å². The van der Waals surface area contributed by atoms with Gasteiger partial charge in [0.2, 0.25) is 10.0 Å². The molecule has 1 aliphatic heterocycles. The molecule has 1 aliphatic carbocycles. The molecule has 3 aromatic rings. The fraction of sp³-hybridized carbons (Fsp3) is 0.516. The lowest BCUT2D eigenvalue weighted by Crippen LogP contribution is -2.44. The summed E-state index contributed by atoms with van der Waals surface area (Å²) >= 11 is 0. The molecule has 0 saturated heterocycles. The van der Waals surface area contributed by atoms with Crippen molar-refractivity contribution in [1.82, 2.24) is 4.57 Å². The number of anilines is 1. The molecule has 2 heterocycles. The van der Waals surface area contributed by atoms with Crippen LogP contribution in [0.3, 0.4) is 0 Å². The zero-order chi connectivity index (χ0) is 29.0. The van der Waals surface area contributed by atoms with Crippen molar-refractivity contribution in [2.45, 2.75) is 82.9 Å². The fourth-order valence-corrected chi connectivity index (χ4v) is 7.98. The number of carbonyl (C=O) groups is 1. The van der Waals surface area contributed by atoms with Crippen LogP contribution in [0.4, 0.5) is 14.5 Å². The van der Waals surface area contributed by atoms with Gasteiger partial charge in [-0.15, -0.1) is 0 Å². The Kier molecular flexibility index (Phi) is 7.59. The Morgan fingerprint density at radius 3 is 2.50 bits per heavy atom. The number of hydrogen-bond acceptors (Lipinski definition) is 4. The second-order valence-electron chi connectivity index (χ2n) is 12.1. The minimum atomic E-state index is -3.72. The van der Waals surface area contributed by atoms with Gasteiger partial charge in [0.25, 0.3) is 0 Å². The molecule has 1 aromatic heterocycles. The van der Waals surface area contributed by atoms with Crippen LogP contribution >= 0.6 is 0 Å². The predicted molar refractivity (Wildman–Crippen MR) is 154 cm³/mol. The molecule has 1 fully saturated rings. The highest BCUT2D eigenvalue weighted by Gasteiger charge is 2.42. The summed E-state index contributed by atoms with van der Waals surface area (Å²) in [7, 11) is -2.19. The normalized spacial score (nSPS) is 23.2. The van der Waals surface area contributed by atoms with Crippen LogP contribution in [0.25, 0.3) is 10.9 Å². The summed E-state index contributed by atoms with van der Waals surface area (Å²) in [6.45, 7) is 5.74. The Hall–Kier alpha value is -2.78. The van der Waals surface area contributed by atoms with Crippen LogP contribution in [-0.4, -0.2) is 47.9 Å². The molecule has 0 radical (unpaired) electrons. The maximum absolute atomic E-state index is 14.0. The van der Waals surface area contributed by atoms with E-state index in [0.717, 1.165) is 28.5 Å². The fourth-order valence-electron chi connectivity index (χ4n) is 6.53. The highest BCUT2D eigenvalue weighted by molar-refractivity contribution is 7.94. The van der Waals surface area contributed by atoms with Gasteiger partial charge in [0.05, 0.1) is 17.3 Å². The molecule has 40 heavy (non-hydrogen) atoms. The lowest BCUT2D eigenvalue weighted by Gasteiger charge is -2.29. The SMILES string of the molecule is CCc1cn2c3c(cc(C(=O)C[C@@H](Cc4ccc(F)cc4)[C@H](O)[C@@H]4CC[C@@H](F)C4)cc13)N(C)S(=O)(=O)C(C)(C)C2. The minimum Gasteiger partial charge on any atom is -0.393 e. The Balaban J connectivity index is 1.53. The van der Waals surface area contributed by atoms with Crippen molar-refractivity contribution < 1.29 is 27.1 Å². The number of alkyl halides is 1. The third-order valence-corrected chi connectivity index (χ3v) is 11.4. The Bertz CT molecular complexity index is 1530. The maximum Gasteiger partial charge on any atom is 0.241 e. The standard InChI is InChI=1S/C31H38F2N2O4S/c1-5-20-17-35-18-31(2,3)40(38,39)34(4)27-15-22(14-26(20)29(27)35)28(36)16-23(12-19-6-9-24(32)10-7-19)30(37)21-8-11-25(33)13-21/h6-7,9-10,14-15,17,21,23,25,30,37H,5,8,11-13,16,18H2,1-4H3/t21-,23-,25-,30-/m1/s1. The van der Waals surface area contributed by atoms with E-state index in [1.54, 1.807) is 32.0 Å². The minimum absolute atomic E-state index is 0.00106. The van der Waals surface area contributed by atoms with E-state index in [9.17, 15) is 27.1 Å². The molecule has 216 valence electrons. The van der Waals surface area contributed by atoms with E-state index in [4.69, 9.17) is 0 Å². The van der Waals surface area contributed by atoms with E-state index >= 15 is 0 Å². The quantitative estimate of drug-likeness (QED) is 0.345. The summed E-state index contributed by atoms with van der Waals surface area (Å²) in [6, 6.07) is 9.47. The van der Waals surface area contributed by atoms with E-state index in [-0.39, 0.29) is 30.4 Å². The Labute approximate surface area is 235 Å². The number of hydrogen-bond donors (Lipinski definition) is 1. The number of carbonyl (C=O) groups excluding carboxylic acids is 1. The number of halogens is 2. The molecule has 2 aromatic carbocycles. The molecule has 0 amide bonds. The highest BCUT2D eigenvalue weighted by Crippen LogP contribution is 2.41. The van der Waals surface area contributed by atoms with Gasteiger partial charge in [-0.3, -0.25) is 9.10 Å². The van der Waals surface area contributed by atoms with Crippen molar-refractivity contribution in [2.75, 3.05) is 11.4 Å². The van der Waals surface area contributed by atoms with Gasteiger partial charge < -0.3 is 9.67 Å². The number of aliphatic hydroxyl groups excluding tert-OH is 1. The highest BCUT2D eigenvalue weighted by atomic mass is 32.2. The van der Waals surface area contributed by atoms with Crippen LogP contribution in [0.5, 0.6) is 0 Å². The van der Waals surface area contributed by atoms with Gasteiger partial charge in [0.15, 0.2) is 5.78 Å². The van der Waals surface area contributed by atoms with Crippen molar-refractivity contribution >= 4 is 32.4 Å². The topological polar surface area (TPSA) is 79.6 Å². The van der Waals surface area contributed by atoms with Gasteiger partial charge in [-0.25, -0.2) is 17.2 Å². The van der Waals surface area contributed by atoms with Gasteiger partial charge in [0.1, 0.15) is 16.7 Å². The molecule has 4 atom stereocenters. The zero-order valence-electron chi connectivity index (χ0n) is 23.5. The first-order chi connectivity index (χ1) is 18.8. The van der Waals surface area contributed by atoms with Crippen molar-refractivity contribution in [1.29, 1.82) is 0 Å². The molecule has 0 spiro atoms. The monoisotopic (exact) mass is 572 g/mol. The molecule has 6 nitrogen and oxygen atoms in total. The van der Waals surface area contributed by atoms with Crippen LogP contribution in [-0.2, 0) is 29.4 Å². The van der Waals surface area contributed by atoms with Crippen LogP contribution < -0.4 is 4.31 Å². The second-order valence-corrected chi connectivity index (χ2v) is 14.7. The molecule has 0 unspecified atom stereocenters. The number of ketones is 1. The number of rotatable bonds is 8. The molecular formula is C31H38F2N2O4S. The smallest absolute Gasteiger partial charge is 0.241 e. The van der Waals surface area contributed by atoms with Crippen LogP contribution in [0.1, 0.15) is 67.9 Å². The number of nitrogens with zero attached hydrogens (tertiary/aromatic N) is 2. The van der Waals surface area contributed by atoms with Gasteiger partial charge >= 0.3 is 0 Å². The first-order valence-corrected chi connectivity index (χ1v) is 15.5. The number of aromatic nitrogens is 1. The average Bonchev–Trinajstić information content (AvgIpc) is 3.49. The first kappa shape index (κ1) is 28.7. The lowest BCUT2D eigenvalue weighted by molar-refractivity contribution is 0.0434. The summed E-state index contributed by atoms with van der Waals surface area (Å²) in [5.41, 5.74) is 3.43. The molecule has 0 bridgehead atoms. The number of sulfonamides is 1. The van der Waals surface area contributed by atoms with E-state index in [1.165, 1.54) is 23.5 Å². The molecule has 5 rings (SSSR count). The summed E-state index contributed by atoms with van der Waals surface area (Å²) in [6.07, 6.45) is 2.40. The Morgan fingerprint density at radius 2 is 1.88 bits per heavy atom. The van der Waals surface area contributed by atoms with Crippen LogP contribution in [0.2, 0.25) is 0 Å². The lowest BCUT2D eigenvalue weighted by atomic mass is 9.81. The van der Waals surface area contributed by atoms with Crippen molar-refractivity contribution in [2.24, 2.45) is 11.8 Å². The van der Waals surface area contributed by atoms with Gasteiger partial charge in [-0.2, -0.15) is 0 Å². The number of aryl methyl sites for hydroxylation is 1. The molecule has 1 N–H and O–H groups in total. The van der Waals surface area contributed by atoms with Gasteiger partial charge in [0, 0.05) is 37.2 Å². The van der Waals surface area contributed by atoms with Crippen molar-refractivity contribution in [3.63, 3.8) is 0 Å². The first-order valence-electron chi connectivity index (χ1n) is 14.1. The second kappa shape index (κ2) is 10.6. The van der Waals surface area contributed by atoms with Crippen molar-refractivity contribution in [3.05, 3.63) is 65.1 Å². The van der Waals surface area contributed by atoms with Crippen LogP contribution in [0, 0.1) is 17.7 Å². The summed E-state index contributed by atoms with van der Waals surface area (Å²) in [5, 5.41) is 12.2. The zero-order valence-corrected chi connectivity index (χ0v) is 24.3. The largest absolute Gasteiger partial charge is 0.393 e. The summed E-state index contributed by atoms with van der Waals surface area (Å²) in [5.74, 6) is -1.34. The molecular weight excluding hydrogens is 534 g/mol. The predicted octanol–water partition coefficient (Wildman–Crippen LogP) is 5.83. The number of aliphatic hydroxyl groups is 1. The Morgan fingerprint density at radius 1 is 1.18 bits per heavy atom. The van der Waals surface area contributed by atoms with Crippen LogP contribution in [0.15, 0.2) is 42.6 Å². The number of Topliss-reactive ketones (excluding diaryl/α,β-unsaturated/α-hetero) is 1. The van der Waals surface area contributed by atoms with E-state index < -0.39 is 33.0 Å². The van der Waals surface area contributed by atoms with Gasteiger partial charge in [-0.1, -0.05) is 19.1 Å². The van der Waals surface area contributed by atoms with Crippen molar-refractivity contribution in [3.8, 4) is 0 Å². The number of benzene rings is 2. The average molecular weight is 573 g/mol. The summed E-state index contributed by atoms with van der Waals surface area (Å²) in [4.78, 5) is 13.9. The molecule has 1 saturated carbocycles. The van der Waals surface area contributed by atoms with E-state index in [1.807, 2.05) is 23.8 Å². The van der Waals surface area contributed by atoms with E-state index in [2.05, 4.69) is 0 Å². The van der Waals surface area contributed by atoms with Gasteiger partial charge in [-0.05, 0) is 93.2 Å². The maximum atomic E-state index is 14.0. The molecule has 9 heteroatoms. The third-order valence-electron chi connectivity index (χ3n) is 8.92.